The lowest BCUT2D eigenvalue weighted by atomic mass is 10.1. The Labute approximate surface area is 142 Å². The van der Waals surface area contributed by atoms with E-state index in [0.29, 0.717) is 28.3 Å². The zero-order valence-electron chi connectivity index (χ0n) is 12.9. The van der Waals surface area contributed by atoms with Gasteiger partial charge in [0.15, 0.2) is 5.52 Å². The third kappa shape index (κ3) is 2.17. The SMILES string of the molecule is CCn1cc2c(n1)c(=O)n(-c1cccc(O)c1)c1cc(Cl)ccc21. The van der Waals surface area contributed by atoms with Crippen molar-refractivity contribution in [3.63, 3.8) is 0 Å². The number of aryl methyl sites for hydroxylation is 1. The summed E-state index contributed by atoms with van der Waals surface area (Å²) in [7, 11) is 0. The van der Waals surface area contributed by atoms with E-state index in [2.05, 4.69) is 5.10 Å². The number of pyridine rings is 1. The van der Waals surface area contributed by atoms with Gasteiger partial charge in [-0.25, -0.2) is 0 Å². The summed E-state index contributed by atoms with van der Waals surface area (Å²) in [5.41, 5.74) is 1.41. The average Bonchev–Trinajstić information content (AvgIpc) is 3.00. The van der Waals surface area contributed by atoms with E-state index >= 15 is 0 Å². The molecule has 5 nitrogen and oxygen atoms in total. The first-order valence-corrected chi connectivity index (χ1v) is 7.97. The van der Waals surface area contributed by atoms with Gasteiger partial charge in [0.05, 0.1) is 11.2 Å². The summed E-state index contributed by atoms with van der Waals surface area (Å²) in [6.07, 6.45) is 1.87. The summed E-state index contributed by atoms with van der Waals surface area (Å²) < 4.78 is 3.28. The predicted molar refractivity (Wildman–Crippen MR) is 95.2 cm³/mol. The van der Waals surface area contributed by atoms with Crippen LogP contribution in [0.2, 0.25) is 5.02 Å². The van der Waals surface area contributed by atoms with Crippen LogP contribution >= 0.6 is 11.6 Å². The van der Waals surface area contributed by atoms with Crippen LogP contribution < -0.4 is 5.56 Å². The number of hydrogen-bond donors (Lipinski definition) is 1. The predicted octanol–water partition coefficient (Wildman–Crippen LogP) is 3.72. The molecule has 0 bridgehead atoms. The van der Waals surface area contributed by atoms with Crippen LogP contribution in [-0.2, 0) is 6.54 Å². The highest BCUT2D eigenvalue weighted by Crippen LogP contribution is 2.27. The molecule has 1 N–H and O–H groups in total. The molecule has 2 aromatic carbocycles. The first-order chi connectivity index (χ1) is 11.6. The maximum Gasteiger partial charge on any atom is 0.283 e. The fourth-order valence-corrected chi connectivity index (χ4v) is 3.13. The zero-order chi connectivity index (χ0) is 16.8. The van der Waals surface area contributed by atoms with Gasteiger partial charge >= 0.3 is 0 Å². The molecule has 0 fully saturated rings. The maximum atomic E-state index is 13.1. The van der Waals surface area contributed by atoms with Crippen molar-refractivity contribution in [1.29, 1.82) is 0 Å². The molecule has 0 amide bonds. The Morgan fingerprint density at radius 3 is 2.75 bits per heavy atom. The number of aromatic hydroxyl groups is 1. The molecule has 2 heterocycles. The number of halogens is 1. The van der Waals surface area contributed by atoms with E-state index in [4.69, 9.17) is 11.6 Å². The lowest BCUT2D eigenvalue weighted by Gasteiger charge is -2.11. The third-order valence-electron chi connectivity index (χ3n) is 4.07. The molecule has 0 aliphatic rings. The molecular weight excluding hydrogens is 326 g/mol. The minimum atomic E-state index is -0.238. The number of benzene rings is 2. The molecular formula is C18H14ClN3O2. The van der Waals surface area contributed by atoms with Gasteiger partial charge in [-0.1, -0.05) is 23.7 Å². The third-order valence-corrected chi connectivity index (χ3v) is 4.31. The van der Waals surface area contributed by atoms with Crippen molar-refractivity contribution in [2.75, 3.05) is 0 Å². The van der Waals surface area contributed by atoms with Crippen LogP contribution in [-0.4, -0.2) is 19.5 Å². The highest BCUT2D eigenvalue weighted by atomic mass is 35.5. The van der Waals surface area contributed by atoms with Gasteiger partial charge in [-0.15, -0.1) is 0 Å². The summed E-state index contributed by atoms with van der Waals surface area (Å²) >= 11 is 6.16. The molecule has 0 saturated heterocycles. The molecule has 4 rings (SSSR count). The van der Waals surface area contributed by atoms with E-state index in [-0.39, 0.29) is 11.3 Å². The summed E-state index contributed by atoms with van der Waals surface area (Å²) in [5.74, 6) is 0.0914. The minimum Gasteiger partial charge on any atom is -0.508 e. The lowest BCUT2D eigenvalue weighted by molar-refractivity contribution is 0.475. The molecule has 0 unspecified atom stereocenters. The van der Waals surface area contributed by atoms with Crippen molar-refractivity contribution < 1.29 is 5.11 Å². The van der Waals surface area contributed by atoms with Crippen LogP contribution in [0.25, 0.3) is 27.5 Å². The van der Waals surface area contributed by atoms with Crippen LogP contribution in [0.15, 0.2) is 53.5 Å². The Morgan fingerprint density at radius 1 is 1.17 bits per heavy atom. The molecule has 6 heteroatoms. The van der Waals surface area contributed by atoms with E-state index in [0.717, 1.165) is 10.8 Å². The second kappa shape index (κ2) is 5.39. The highest BCUT2D eigenvalue weighted by Gasteiger charge is 2.16. The molecule has 4 aromatic rings. The van der Waals surface area contributed by atoms with Gasteiger partial charge in [-0.2, -0.15) is 5.10 Å². The molecule has 0 atom stereocenters. The number of phenolic OH excluding ortho intramolecular Hbond substituents is 1. The fourth-order valence-electron chi connectivity index (χ4n) is 2.96. The van der Waals surface area contributed by atoms with Crippen LogP contribution in [0.1, 0.15) is 6.92 Å². The second-order valence-electron chi connectivity index (χ2n) is 5.57. The van der Waals surface area contributed by atoms with Gasteiger partial charge in [-0.05, 0) is 31.2 Å². The van der Waals surface area contributed by atoms with Gasteiger partial charge in [0, 0.05) is 34.6 Å². The molecule has 0 spiro atoms. The second-order valence-corrected chi connectivity index (χ2v) is 6.01. The number of nitrogens with zero attached hydrogens (tertiary/aromatic N) is 3. The summed E-state index contributed by atoms with van der Waals surface area (Å²) in [6.45, 7) is 2.65. The highest BCUT2D eigenvalue weighted by molar-refractivity contribution is 6.31. The number of fused-ring (bicyclic) bond motifs is 3. The minimum absolute atomic E-state index is 0.0914. The van der Waals surface area contributed by atoms with Gasteiger partial charge in [0.1, 0.15) is 5.75 Å². The molecule has 2 aromatic heterocycles. The Kier molecular flexibility index (Phi) is 3.32. The van der Waals surface area contributed by atoms with E-state index in [9.17, 15) is 9.90 Å². The molecule has 0 saturated carbocycles. The topological polar surface area (TPSA) is 60.0 Å². The monoisotopic (exact) mass is 339 g/mol. The van der Waals surface area contributed by atoms with Crippen LogP contribution in [0, 0.1) is 0 Å². The lowest BCUT2D eigenvalue weighted by Crippen LogP contribution is -2.19. The normalized spacial score (nSPS) is 11.4. The quantitative estimate of drug-likeness (QED) is 0.605. The van der Waals surface area contributed by atoms with Gasteiger partial charge in [0.25, 0.3) is 5.56 Å². The zero-order valence-corrected chi connectivity index (χ0v) is 13.7. The molecule has 120 valence electrons. The summed E-state index contributed by atoms with van der Waals surface area (Å²) in [6, 6.07) is 12.0. The van der Waals surface area contributed by atoms with E-state index in [1.165, 1.54) is 4.57 Å². The largest absolute Gasteiger partial charge is 0.508 e. The van der Waals surface area contributed by atoms with Crippen LogP contribution in [0.3, 0.4) is 0 Å². The molecule has 0 aliphatic carbocycles. The van der Waals surface area contributed by atoms with E-state index < -0.39 is 0 Å². The van der Waals surface area contributed by atoms with Crippen molar-refractivity contribution in [2.45, 2.75) is 13.5 Å². The first kappa shape index (κ1) is 14.8. The molecule has 0 aliphatic heterocycles. The van der Waals surface area contributed by atoms with Crippen molar-refractivity contribution in [3.05, 3.63) is 64.0 Å². The number of rotatable bonds is 2. The summed E-state index contributed by atoms with van der Waals surface area (Å²) in [5, 5.41) is 16.4. The number of aromatic nitrogens is 3. The van der Waals surface area contributed by atoms with Crippen LogP contribution in [0.5, 0.6) is 5.75 Å². The Bertz CT molecular complexity index is 1140. The number of hydrogen-bond acceptors (Lipinski definition) is 3. The van der Waals surface area contributed by atoms with Crippen molar-refractivity contribution >= 4 is 33.4 Å². The van der Waals surface area contributed by atoms with Crippen molar-refractivity contribution in [2.24, 2.45) is 0 Å². The fraction of sp³-hybridized carbons (Fsp3) is 0.111. The van der Waals surface area contributed by atoms with Gasteiger partial charge in [0.2, 0.25) is 0 Å². The average molecular weight is 340 g/mol. The van der Waals surface area contributed by atoms with Gasteiger partial charge in [-0.3, -0.25) is 14.0 Å². The van der Waals surface area contributed by atoms with Gasteiger partial charge < -0.3 is 5.11 Å². The Morgan fingerprint density at radius 2 is 2.00 bits per heavy atom. The molecule has 0 radical (unpaired) electrons. The maximum absolute atomic E-state index is 13.1. The Balaban J connectivity index is 2.23. The smallest absolute Gasteiger partial charge is 0.283 e. The van der Waals surface area contributed by atoms with E-state index in [1.54, 1.807) is 41.1 Å². The van der Waals surface area contributed by atoms with E-state index in [1.807, 2.05) is 19.2 Å². The Hall–Kier alpha value is -2.79. The molecule has 24 heavy (non-hydrogen) atoms. The van der Waals surface area contributed by atoms with Crippen molar-refractivity contribution in [1.82, 2.24) is 14.3 Å². The summed E-state index contributed by atoms with van der Waals surface area (Å²) in [4.78, 5) is 13.1. The van der Waals surface area contributed by atoms with Crippen molar-refractivity contribution in [3.8, 4) is 11.4 Å². The van der Waals surface area contributed by atoms with Crippen LogP contribution in [0.4, 0.5) is 0 Å². The first-order valence-electron chi connectivity index (χ1n) is 7.59. The standard InChI is InChI=1S/C18H14ClN3O2/c1-2-21-10-15-14-7-6-11(19)8-16(14)22(18(24)17(15)20-21)12-4-3-5-13(23)9-12/h3-10,23H,2H2,1H3. The number of phenols is 1.